The van der Waals surface area contributed by atoms with Crippen LogP contribution in [0.4, 0.5) is 0 Å². The van der Waals surface area contributed by atoms with Crippen molar-refractivity contribution >= 4 is 0 Å². The van der Waals surface area contributed by atoms with Gasteiger partial charge in [0.15, 0.2) is 0 Å². The molecule has 0 saturated heterocycles. The lowest BCUT2D eigenvalue weighted by Crippen LogP contribution is -2.15. The van der Waals surface area contributed by atoms with Gasteiger partial charge in [-0.25, -0.2) is 0 Å². The van der Waals surface area contributed by atoms with Crippen LogP contribution < -0.4 is 5.73 Å². The van der Waals surface area contributed by atoms with Crippen molar-refractivity contribution in [3.8, 4) is 0 Å². The Morgan fingerprint density at radius 1 is 1.42 bits per heavy atom. The number of allylic oxidation sites excluding steroid dienone is 3. The van der Waals surface area contributed by atoms with Crippen molar-refractivity contribution < 1.29 is 5.11 Å². The highest BCUT2D eigenvalue weighted by atomic mass is 16.3. The molecular weight excluding hydrogens is 150 g/mol. The lowest BCUT2D eigenvalue weighted by atomic mass is 10.1. The van der Waals surface area contributed by atoms with E-state index in [0.29, 0.717) is 0 Å². The lowest BCUT2D eigenvalue weighted by molar-refractivity contribution is 0.230. The van der Waals surface area contributed by atoms with Crippen molar-refractivity contribution in [2.75, 3.05) is 0 Å². The molecule has 0 aliphatic carbocycles. The number of aliphatic hydroxyl groups is 1. The maximum Gasteiger partial charge on any atom is 0.121 e. The van der Waals surface area contributed by atoms with Crippen molar-refractivity contribution in [3.63, 3.8) is 0 Å². The Kier molecular flexibility index (Phi) is 5.68. The fourth-order valence-electron chi connectivity index (χ4n) is 0.963. The maximum atomic E-state index is 8.82. The minimum absolute atomic E-state index is 0.809. The Hall–Kier alpha value is -0.600. The average Bonchev–Trinajstić information content (AvgIpc) is 1.84. The molecule has 0 aliphatic rings. The summed E-state index contributed by atoms with van der Waals surface area (Å²) >= 11 is 0. The van der Waals surface area contributed by atoms with E-state index in [0.717, 1.165) is 18.4 Å². The predicted molar refractivity (Wildman–Crippen MR) is 52.6 cm³/mol. The first-order valence-electron chi connectivity index (χ1n) is 4.26. The van der Waals surface area contributed by atoms with Crippen molar-refractivity contribution in [1.29, 1.82) is 0 Å². The first-order valence-corrected chi connectivity index (χ1v) is 4.26. The monoisotopic (exact) mass is 169 g/mol. The summed E-state index contributed by atoms with van der Waals surface area (Å²) < 4.78 is 0. The molecule has 0 amide bonds. The molecule has 0 bridgehead atoms. The highest BCUT2D eigenvalue weighted by Gasteiger charge is 1.92. The van der Waals surface area contributed by atoms with Crippen LogP contribution in [0, 0.1) is 0 Å². The van der Waals surface area contributed by atoms with Crippen molar-refractivity contribution in [3.05, 3.63) is 23.3 Å². The van der Waals surface area contributed by atoms with E-state index >= 15 is 0 Å². The fraction of sp³-hybridized carbons (Fsp3) is 0.600. The van der Waals surface area contributed by atoms with Crippen LogP contribution in [0.25, 0.3) is 0 Å². The molecular formula is C10H19NO. The van der Waals surface area contributed by atoms with E-state index in [1.807, 2.05) is 6.92 Å². The van der Waals surface area contributed by atoms with Gasteiger partial charge in [-0.2, -0.15) is 0 Å². The van der Waals surface area contributed by atoms with Gasteiger partial charge in [-0.1, -0.05) is 17.2 Å². The Labute approximate surface area is 74.8 Å². The Balaban J connectivity index is 3.71. The number of nitrogens with two attached hydrogens (primary N) is 1. The second-order valence-corrected chi connectivity index (χ2v) is 3.32. The van der Waals surface area contributed by atoms with Crippen LogP contribution in [-0.4, -0.2) is 11.3 Å². The third-order valence-electron chi connectivity index (χ3n) is 1.55. The van der Waals surface area contributed by atoms with Gasteiger partial charge in [-0.3, -0.25) is 0 Å². The van der Waals surface area contributed by atoms with E-state index in [4.69, 9.17) is 10.8 Å². The van der Waals surface area contributed by atoms with E-state index < -0.39 is 6.23 Å². The summed E-state index contributed by atoms with van der Waals surface area (Å²) in [6.45, 7) is 6.14. The van der Waals surface area contributed by atoms with Gasteiger partial charge in [-0.05, 0) is 39.7 Å². The SMILES string of the molecule is CC(C)=CCC/C(C)=C/C(N)O. The van der Waals surface area contributed by atoms with E-state index in [9.17, 15) is 0 Å². The number of aliphatic hydroxyl groups excluding tert-OH is 1. The molecule has 0 radical (unpaired) electrons. The topological polar surface area (TPSA) is 46.2 Å². The van der Waals surface area contributed by atoms with Crippen LogP contribution in [-0.2, 0) is 0 Å². The van der Waals surface area contributed by atoms with Crippen molar-refractivity contribution in [2.45, 2.75) is 39.8 Å². The lowest BCUT2D eigenvalue weighted by Gasteiger charge is -2.00. The molecule has 0 aromatic heterocycles. The average molecular weight is 169 g/mol. The predicted octanol–water partition coefficient (Wildman–Crippen LogP) is 1.96. The van der Waals surface area contributed by atoms with Crippen LogP contribution in [0.5, 0.6) is 0 Å². The molecule has 2 nitrogen and oxygen atoms in total. The van der Waals surface area contributed by atoms with Gasteiger partial charge in [0, 0.05) is 0 Å². The van der Waals surface area contributed by atoms with Crippen LogP contribution >= 0.6 is 0 Å². The molecule has 0 aromatic rings. The summed E-state index contributed by atoms with van der Waals surface area (Å²) in [5, 5.41) is 8.82. The van der Waals surface area contributed by atoms with Gasteiger partial charge in [0.1, 0.15) is 6.23 Å². The Morgan fingerprint density at radius 3 is 2.42 bits per heavy atom. The van der Waals surface area contributed by atoms with Gasteiger partial charge in [0.25, 0.3) is 0 Å². The zero-order chi connectivity index (χ0) is 9.56. The summed E-state index contributed by atoms with van der Waals surface area (Å²) in [7, 11) is 0. The zero-order valence-corrected chi connectivity index (χ0v) is 8.17. The number of hydrogen-bond donors (Lipinski definition) is 2. The standard InChI is InChI=1S/C10H19NO/c1-8(2)5-4-6-9(3)7-10(11)12/h5,7,10,12H,4,6,11H2,1-3H3/b9-7+. The molecule has 2 heteroatoms. The van der Waals surface area contributed by atoms with Gasteiger partial charge < -0.3 is 10.8 Å². The molecule has 12 heavy (non-hydrogen) atoms. The first kappa shape index (κ1) is 11.4. The maximum absolute atomic E-state index is 8.82. The molecule has 3 N–H and O–H groups in total. The highest BCUT2D eigenvalue weighted by Crippen LogP contribution is 2.06. The Morgan fingerprint density at radius 2 is 2.00 bits per heavy atom. The van der Waals surface area contributed by atoms with Crippen molar-refractivity contribution in [2.24, 2.45) is 5.73 Å². The van der Waals surface area contributed by atoms with Crippen LogP contribution in [0.1, 0.15) is 33.6 Å². The van der Waals surface area contributed by atoms with E-state index in [1.165, 1.54) is 5.57 Å². The minimum atomic E-state index is -0.809. The summed E-state index contributed by atoms with van der Waals surface area (Å²) in [5.41, 5.74) is 7.66. The highest BCUT2D eigenvalue weighted by molar-refractivity contribution is 5.03. The van der Waals surface area contributed by atoms with Crippen LogP contribution in [0.3, 0.4) is 0 Å². The van der Waals surface area contributed by atoms with Gasteiger partial charge >= 0.3 is 0 Å². The smallest absolute Gasteiger partial charge is 0.121 e. The summed E-state index contributed by atoms with van der Waals surface area (Å²) in [6, 6.07) is 0. The van der Waals surface area contributed by atoms with Crippen LogP contribution in [0.2, 0.25) is 0 Å². The zero-order valence-electron chi connectivity index (χ0n) is 8.17. The molecule has 0 aliphatic heterocycles. The molecule has 0 spiro atoms. The van der Waals surface area contributed by atoms with E-state index in [1.54, 1.807) is 6.08 Å². The minimum Gasteiger partial charge on any atom is -0.375 e. The van der Waals surface area contributed by atoms with Gasteiger partial charge in [-0.15, -0.1) is 0 Å². The summed E-state index contributed by atoms with van der Waals surface area (Å²) in [5.74, 6) is 0. The third kappa shape index (κ3) is 7.51. The second kappa shape index (κ2) is 5.98. The molecule has 70 valence electrons. The van der Waals surface area contributed by atoms with Crippen molar-refractivity contribution in [1.82, 2.24) is 0 Å². The molecule has 1 atom stereocenters. The van der Waals surface area contributed by atoms with Gasteiger partial charge in [0.05, 0.1) is 0 Å². The third-order valence-corrected chi connectivity index (χ3v) is 1.55. The molecule has 1 unspecified atom stereocenters. The molecule has 0 saturated carbocycles. The first-order chi connectivity index (χ1) is 5.52. The fourth-order valence-corrected chi connectivity index (χ4v) is 0.963. The number of hydrogen-bond acceptors (Lipinski definition) is 2. The number of rotatable bonds is 4. The second-order valence-electron chi connectivity index (χ2n) is 3.32. The largest absolute Gasteiger partial charge is 0.375 e. The summed E-state index contributed by atoms with van der Waals surface area (Å²) in [4.78, 5) is 0. The Bertz CT molecular complexity index is 176. The molecule has 0 heterocycles. The molecule has 0 fully saturated rings. The van der Waals surface area contributed by atoms with Crippen LogP contribution in [0.15, 0.2) is 23.3 Å². The van der Waals surface area contributed by atoms with Gasteiger partial charge in [0.2, 0.25) is 0 Å². The van der Waals surface area contributed by atoms with E-state index in [-0.39, 0.29) is 0 Å². The molecule has 0 rings (SSSR count). The summed E-state index contributed by atoms with van der Waals surface area (Å²) in [6.07, 6.45) is 5.05. The normalized spacial score (nSPS) is 14.2. The quantitative estimate of drug-likeness (QED) is 0.499. The van der Waals surface area contributed by atoms with E-state index in [2.05, 4.69) is 19.9 Å². The molecule has 0 aromatic carbocycles.